The Hall–Kier alpha value is -0.240. The van der Waals surface area contributed by atoms with Gasteiger partial charge in [0.05, 0.1) is 18.3 Å². The van der Waals surface area contributed by atoms with E-state index >= 15 is 0 Å². The van der Waals surface area contributed by atoms with Crippen LogP contribution in [0.4, 0.5) is 0 Å². The fraction of sp³-hybridized carbons (Fsp3) is 1.00. The summed E-state index contributed by atoms with van der Waals surface area (Å²) in [5, 5.41) is 34.7. The summed E-state index contributed by atoms with van der Waals surface area (Å²) < 4.78 is 10.3. The highest BCUT2D eigenvalue weighted by Crippen LogP contribution is 2.19. The van der Waals surface area contributed by atoms with Crippen molar-refractivity contribution in [1.29, 1.82) is 0 Å². The first-order valence-electron chi connectivity index (χ1n) is 6.31. The standard InChI is InChI=1S/C8H16O4.C4H10O2/c1-5(9)3-7-4-8(10)12-6(2)11-7;1-4(6)2-3-5/h5-10H,3-4H2,1-2H3;4-6H,2-3H2,1H3. The first-order valence-corrected chi connectivity index (χ1v) is 6.31. The zero-order valence-electron chi connectivity index (χ0n) is 11.3. The summed E-state index contributed by atoms with van der Waals surface area (Å²) in [6.45, 7) is 5.17. The molecule has 0 bridgehead atoms. The molecule has 110 valence electrons. The molecule has 18 heavy (non-hydrogen) atoms. The monoisotopic (exact) mass is 266 g/mol. The third-order valence-corrected chi connectivity index (χ3v) is 2.35. The van der Waals surface area contributed by atoms with Gasteiger partial charge in [0, 0.05) is 13.0 Å². The molecule has 0 aliphatic carbocycles. The molecular weight excluding hydrogens is 240 g/mol. The van der Waals surface area contributed by atoms with Gasteiger partial charge in [-0.25, -0.2) is 0 Å². The van der Waals surface area contributed by atoms with Crippen molar-refractivity contribution in [2.75, 3.05) is 6.61 Å². The van der Waals surface area contributed by atoms with E-state index in [1.54, 1.807) is 20.8 Å². The first kappa shape index (κ1) is 17.8. The summed E-state index contributed by atoms with van der Waals surface area (Å²) in [7, 11) is 0. The van der Waals surface area contributed by atoms with Crippen LogP contribution in [-0.4, -0.2) is 57.9 Å². The third-order valence-electron chi connectivity index (χ3n) is 2.35. The van der Waals surface area contributed by atoms with Gasteiger partial charge in [-0.3, -0.25) is 0 Å². The van der Waals surface area contributed by atoms with Crippen molar-refractivity contribution in [2.24, 2.45) is 0 Å². The molecule has 1 aliphatic rings. The highest BCUT2D eigenvalue weighted by Gasteiger charge is 2.26. The van der Waals surface area contributed by atoms with E-state index in [2.05, 4.69) is 0 Å². The zero-order valence-corrected chi connectivity index (χ0v) is 11.3. The molecule has 1 saturated heterocycles. The lowest BCUT2D eigenvalue weighted by atomic mass is 10.1. The molecule has 5 atom stereocenters. The van der Waals surface area contributed by atoms with Crippen molar-refractivity contribution in [3.05, 3.63) is 0 Å². The van der Waals surface area contributed by atoms with Gasteiger partial charge in [-0.05, 0) is 33.6 Å². The predicted molar refractivity (Wildman–Crippen MR) is 65.7 cm³/mol. The smallest absolute Gasteiger partial charge is 0.160 e. The average Bonchev–Trinajstić information content (AvgIpc) is 2.14. The molecule has 0 radical (unpaired) electrons. The van der Waals surface area contributed by atoms with Gasteiger partial charge in [0.15, 0.2) is 12.6 Å². The van der Waals surface area contributed by atoms with Crippen LogP contribution in [0.5, 0.6) is 0 Å². The van der Waals surface area contributed by atoms with Crippen molar-refractivity contribution >= 4 is 0 Å². The minimum atomic E-state index is -0.752. The summed E-state index contributed by atoms with van der Waals surface area (Å²) in [6.07, 6.45) is -0.499. The number of hydrogen-bond acceptors (Lipinski definition) is 6. The molecule has 0 aromatic rings. The first-order chi connectivity index (χ1) is 8.35. The highest BCUT2D eigenvalue weighted by atomic mass is 16.7. The van der Waals surface area contributed by atoms with Gasteiger partial charge in [-0.1, -0.05) is 0 Å². The molecule has 0 spiro atoms. The van der Waals surface area contributed by atoms with Gasteiger partial charge in [0.1, 0.15) is 0 Å². The quantitative estimate of drug-likeness (QED) is 0.570. The summed E-state index contributed by atoms with van der Waals surface area (Å²) in [6, 6.07) is 0. The Morgan fingerprint density at radius 1 is 1.17 bits per heavy atom. The molecule has 1 heterocycles. The van der Waals surface area contributed by atoms with Crippen LogP contribution in [0.15, 0.2) is 0 Å². The van der Waals surface area contributed by atoms with Crippen LogP contribution in [0.1, 0.15) is 40.0 Å². The molecular formula is C12H26O6. The number of aliphatic hydroxyl groups excluding tert-OH is 4. The maximum atomic E-state index is 9.18. The Morgan fingerprint density at radius 2 is 1.78 bits per heavy atom. The van der Waals surface area contributed by atoms with Crippen molar-refractivity contribution in [2.45, 2.75) is 70.9 Å². The second-order valence-corrected chi connectivity index (χ2v) is 4.60. The van der Waals surface area contributed by atoms with E-state index in [1.807, 2.05) is 0 Å². The largest absolute Gasteiger partial charge is 0.396 e. The molecule has 1 fully saturated rings. The van der Waals surface area contributed by atoms with E-state index in [1.165, 1.54) is 0 Å². The van der Waals surface area contributed by atoms with Crippen LogP contribution in [-0.2, 0) is 9.47 Å². The Labute approximate surface area is 108 Å². The van der Waals surface area contributed by atoms with Crippen molar-refractivity contribution < 1.29 is 29.9 Å². The molecule has 0 saturated carbocycles. The lowest BCUT2D eigenvalue weighted by molar-refractivity contribution is -0.289. The van der Waals surface area contributed by atoms with E-state index in [-0.39, 0.29) is 25.1 Å². The van der Waals surface area contributed by atoms with E-state index in [9.17, 15) is 5.11 Å². The minimum Gasteiger partial charge on any atom is -0.396 e. The lowest BCUT2D eigenvalue weighted by Gasteiger charge is -2.32. The minimum absolute atomic E-state index is 0.0810. The van der Waals surface area contributed by atoms with Crippen molar-refractivity contribution in [3.63, 3.8) is 0 Å². The van der Waals surface area contributed by atoms with Gasteiger partial charge < -0.3 is 29.9 Å². The predicted octanol–water partition coefficient (Wildman–Crippen LogP) is -0.0232. The van der Waals surface area contributed by atoms with Crippen LogP contribution in [0, 0.1) is 0 Å². The number of hydrogen-bond donors (Lipinski definition) is 4. The number of aliphatic hydroxyl groups is 4. The Balaban J connectivity index is 0.000000411. The van der Waals surface area contributed by atoms with Gasteiger partial charge in [-0.15, -0.1) is 0 Å². The molecule has 1 rings (SSSR count). The molecule has 0 amide bonds. The maximum absolute atomic E-state index is 9.18. The summed E-state index contributed by atoms with van der Waals surface area (Å²) in [5.74, 6) is 0. The normalized spacial score (nSPS) is 31.2. The van der Waals surface area contributed by atoms with E-state index < -0.39 is 12.4 Å². The van der Waals surface area contributed by atoms with Gasteiger partial charge in [-0.2, -0.15) is 0 Å². The van der Waals surface area contributed by atoms with Crippen molar-refractivity contribution in [1.82, 2.24) is 0 Å². The summed E-state index contributed by atoms with van der Waals surface area (Å²) in [4.78, 5) is 0. The van der Waals surface area contributed by atoms with Crippen LogP contribution in [0.3, 0.4) is 0 Å². The van der Waals surface area contributed by atoms with Crippen LogP contribution in [0.2, 0.25) is 0 Å². The molecule has 0 aromatic carbocycles. The SMILES string of the molecule is CC(O)CC1CC(O)OC(C)O1.CC(O)CCO. The number of rotatable bonds is 4. The molecule has 5 unspecified atom stereocenters. The summed E-state index contributed by atoms with van der Waals surface area (Å²) >= 11 is 0. The Kier molecular flexibility index (Phi) is 9.53. The Morgan fingerprint density at radius 3 is 2.11 bits per heavy atom. The van der Waals surface area contributed by atoms with Crippen LogP contribution < -0.4 is 0 Å². The van der Waals surface area contributed by atoms with Crippen molar-refractivity contribution in [3.8, 4) is 0 Å². The highest BCUT2D eigenvalue weighted by molar-refractivity contribution is 4.67. The average molecular weight is 266 g/mol. The maximum Gasteiger partial charge on any atom is 0.160 e. The van der Waals surface area contributed by atoms with Crippen LogP contribution >= 0.6 is 0 Å². The summed E-state index contributed by atoms with van der Waals surface area (Å²) in [5.41, 5.74) is 0. The molecule has 0 aromatic heterocycles. The van der Waals surface area contributed by atoms with Crippen LogP contribution in [0.25, 0.3) is 0 Å². The van der Waals surface area contributed by atoms with Gasteiger partial charge >= 0.3 is 0 Å². The molecule has 6 nitrogen and oxygen atoms in total. The zero-order chi connectivity index (χ0) is 14.1. The lowest BCUT2D eigenvalue weighted by Crippen LogP contribution is -2.37. The van der Waals surface area contributed by atoms with E-state index in [4.69, 9.17) is 24.8 Å². The van der Waals surface area contributed by atoms with Gasteiger partial charge in [0.25, 0.3) is 0 Å². The fourth-order valence-electron chi connectivity index (χ4n) is 1.58. The van der Waals surface area contributed by atoms with Gasteiger partial charge in [0.2, 0.25) is 0 Å². The number of ether oxygens (including phenoxy) is 2. The van der Waals surface area contributed by atoms with E-state index in [0.717, 1.165) is 0 Å². The second kappa shape index (κ2) is 9.66. The molecule has 1 aliphatic heterocycles. The molecule has 4 N–H and O–H groups in total. The third kappa shape index (κ3) is 9.76. The molecule has 6 heteroatoms. The topological polar surface area (TPSA) is 99.4 Å². The van der Waals surface area contributed by atoms with E-state index in [0.29, 0.717) is 19.3 Å². The fourth-order valence-corrected chi connectivity index (χ4v) is 1.58. The Bertz CT molecular complexity index is 184. The second-order valence-electron chi connectivity index (χ2n) is 4.60.